The number of hydrogen-bond acceptors (Lipinski definition) is 2. The summed E-state index contributed by atoms with van der Waals surface area (Å²) in [6, 6.07) is 5.77. The fourth-order valence-electron chi connectivity index (χ4n) is 2.27. The summed E-state index contributed by atoms with van der Waals surface area (Å²) in [6.45, 7) is 1.93. The van der Waals surface area contributed by atoms with Crippen LogP contribution in [0, 0.1) is 6.92 Å². The lowest BCUT2D eigenvalue weighted by Gasteiger charge is -2.15. The van der Waals surface area contributed by atoms with E-state index in [1.807, 2.05) is 19.1 Å². The highest BCUT2D eigenvalue weighted by molar-refractivity contribution is 5.93. The number of nitrogens with one attached hydrogen (secondary N) is 2. The minimum atomic E-state index is -0.155. The normalized spacial score (nSPS) is 15.8. The Morgan fingerprint density at radius 3 is 2.71 bits per heavy atom. The molecule has 1 aromatic rings. The van der Waals surface area contributed by atoms with Crippen LogP contribution in [0.5, 0.6) is 0 Å². The summed E-state index contributed by atoms with van der Waals surface area (Å²) in [5, 5.41) is 5.81. The molecule has 4 heteroatoms. The second kappa shape index (κ2) is 5.08. The molecule has 0 bridgehead atoms. The summed E-state index contributed by atoms with van der Waals surface area (Å²) in [7, 11) is 0. The average molecular weight is 233 g/mol. The van der Waals surface area contributed by atoms with E-state index in [2.05, 4.69) is 10.6 Å². The topological polar surface area (TPSA) is 67.1 Å². The molecular formula is C13H19N3O. The van der Waals surface area contributed by atoms with E-state index in [0.29, 0.717) is 17.4 Å². The van der Waals surface area contributed by atoms with Gasteiger partial charge in [-0.2, -0.15) is 0 Å². The fourth-order valence-corrected chi connectivity index (χ4v) is 2.27. The fraction of sp³-hybridized carbons (Fsp3) is 0.462. The summed E-state index contributed by atoms with van der Waals surface area (Å²) in [6.07, 6.45) is 4.57. The summed E-state index contributed by atoms with van der Waals surface area (Å²) in [5.74, 6) is 0. The summed E-state index contributed by atoms with van der Waals surface area (Å²) >= 11 is 0. The number of nitrogen functional groups attached to an aromatic ring is 1. The van der Waals surface area contributed by atoms with E-state index in [4.69, 9.17) is 5.73 Å². The number of hydrogen-bond donors (Lipinski definition) is 3. The van der Waals surface area contributed by atoms with Gasteiger partial charge in [0.15, 0.2) is 0 Å². The molecule has 0 radical (unpaired) electrons. The van der Waals surface area contributed by atoms with Crippen LogP contribution in [-0.2, 0) is 0 Å². The molecule has 1 aromatic carbocycles. The number of aryl methyl sites for hydroxylation is 1. The van der Waals surface area contributed by atoms with Crippen LogP contribution in [0.2, 0.25) is 0 Å². The number of urea groups is 1. The van der Waals surface area contributed by atoms with Crippen LogP contribution < -0.4 is 16.4 Å². The summed E-state index contributed by atoms with van der Waals surface area (Å²) in [5.41, 5.74) is 8.13. The molecule has 92 valence electrons. The van der Waals surface area contributed by atoms with Gasteiger partial charge in [0.2, 0.25) is 0 Å². The van der Waals surface area contributed by atoms with Crippen molar-refractivity contribution in [2.24, 2.45) is 0 Å². The second-order valence-corrected chi connectivity index (χ2v) is 4.62. The highest BCUT2D eigenvalue weighted by atomic mass is 16.2. The Labute approximate surface area is 102 Å². The number of nitrogens with two attached hydrogens (primary N) is 1. The van der Waals surface area contributed by atoms with Crippen LogP contribution in [0.4, 0.5) is 16.2 Å². The van der Waals surface area contributed by atoms with Gasteiger partial charge >= 0.3 is 6.03 Å². The molecule has 17 heavy (non-hydrogen) atoms. The van der Waals surface area contributed by atoms with Crippen LogP contribution in [-0.4, -0.2) is 12.1 Å². The Hall–Kier alpha value is -1.71. The number of para-hydroxylation sites is 1. The zero-order chi connectivity index (χ0) is 12.3. The van der Waals surface area contributed by atoms with Crippen molar-refractivity contribution in [2.75, 3.05) is 11.1 Å². The number of carbonyl (C=O) groups is 1. The lowest BCUT2D eigenvalue weighted by atomic mass is 10.1. The van der Waals surface area contributed by atoms with Gasteiger partial charge in [0, 0.05) is 6.04 Å². The summed E-state index contributed by atoms with van der Waals surface area (Å²) in [4.78, 5) is 11.8. The molecule has 0 aromatic heterocycles. The van der Waals surface area contributed by atoms with Gasteiger partial charge in [-0.1, -0.05) is 25.0 Å². The molecule has 1 aliphatic rings. The van der Waals surface area contributed by atoms with Gasteiger partial charge in [0.05, 0.1) is 11.4 Å². The highest BCUT2D eigenvalue weighted by Crippen LogP contribution is 2.23. The molecule has 0 aliphatic heterocycles. The standard InChI is InChI=1S/C13H19N3O/c1-9-5-4-8-11(14)12(9)16-13(17)15-10-6-2-3-7-10/h4-5,8,10H,2-3,6-7,14H2,1H3,(H2,15,16,17). The van der Waals surface area contributed by atoms with Gasteiger partial charge in [0.25, 0.3) is 0 Å². The van der Waals surface area contributed by atoms with Crippen molar-refractivity contribution in [3.63, 3.8) is 0 Å². The van der Waals surface area contributed by atoms with E-state index in [1.54, 1.807) is 6.07 Å². The molecule has 0 spiro atoms. The zero-order valence-corrected chi connectivity index (χ0v) is 10.1. The lowest BCUT2D eigenvalue weighted by Crippen LogP contribution is -2.36. The third-order valence-electron chi connectivity index (χ3n) is 3.23. The first-order chi connectivity index (χ1) is 8.16. The zero-order valence-electron chi connectivity index (χ0n) is 10.1. The van der Waals surface area contributed by atoms with Crippen molar-refractivity contribution in [3.8, 4) is 0 Å². The Kier molecular flexibility index (Phi) is 3.52. The minimum absolute atomic E-state index is 0.155. The maximum atomic E-state index is 11.8. The van der Waals surface area contributed by atoms with Crippen LogP contribution in [0.15, 0.2) is 18.2 Å². The third kappa shape index (κ3) is 2.90. The van der Waals surface area contributed by atoms with Gasteiger partial charge in [-0.3, -0.25) is 0 Å². The van der Waals surface area contributed by atoms with Gasteiger partial charge in [0.1, 0.15) is 0 Å². The second-order valence-electron chi connectivity index (χ2n) is 4.62. The number of amides is 2. The van der Waals surface area contributed by atoms with Crippen molar-refractivity contribution in [2.45, 2.75) is 38.6 Å². The smallest absolute Gasteiger partial charge is 0.319 e. The van der Waals surface area contributed by atoms with Gasteiger partial charge < -0.3 is 16.4 Å². The highest BCUT2D eigenvalue weighted by Gasteiger charge is 2.17. The SMILES string of the molecule is Cc1cccc(N)c1NC(=O)NC1CCCC1. The molecule has 0 heterocycles. The summed E-state index contributed by atoms with van der Waals surface area (Å²) < 4.78 is 0. The molecular weight excluding hydrogens is 214 g/mol. The number of carbonyl (C=O) groups excluding carboxylic acids is 1. The van der Waals surface area contributed by atoms with Crippen molar-refractivity contribution < 1.29 is 4.79 Å². The first-order valence-corrected chi connectivity index (χ1v) is 6.09. The number of benzene rings is 1. The van der Waals surface area contributed by atoms with Gasteiger partial charge in [-0.15, -0.1) is 0 Å². The number of rotatable bonds is 2. The quantitative estimate of drug-likeness (QED) is 0.687. The predicted octanol–water partition coefficient (Wildman–Crippen LogP) is 2.64. The van der Waals surface area contributed by atoms with E-state index >= 15 is 0 Å². The van der Waals surface area contributed by atoms with E-state index in [-0.39, 0.29) is 6.03 Å². The molecule has 0 saturated heterocycles. The van der Waals surface area contributed by atoms with Gasteiger partial charge in [-0.05, 0) is 31.4 Å². The molecule has 0 unspecified atom stereocenters. The number of anilines is 2. The lowest BCUT2D eigenvalue weighted by molar-refractivity contribution is 0.248. The Morgan fingerprint density at radius 1 is 1.35 bits per heavy atom. The molecule has 1 saturated carbocycles. The van der Waals surface area contributed by atoms with Gasteiger partial charge in [-0.25, -0.2) is 4.79 Å². The molecule has 2 amide bonds. The predicted molar refractivity (Wildman–Crippen MR) is 70.0 cm³/mol. The maximum Gasteiger partial charge on any atom is 0.319 e. The third-order valence-corrected chi connectivity index (χ3v) is 3.23. The van der Waals surface area contributed by atoms with Crippen LogP contribution in [0.3, 0.4) is 0 Å². The monoisotopic (exact) mass is 233 g/mol. The van der Waals surface area contributed by atoms with E-state index < -0.39 is 0 Å². The molecule has 1 aliphatic carbocycles. The van der Waals surface area contributed by atoms with E-state index in [1.165, 1.54) is 12.8 Å². The Bertz CT molecular complexity index is 391. The molecule has 1 fully saturated rings. The largest absolute Gasteiger partial charge is 0.397 e. The minimum Gasteiger partial charge on any atom is -0.397 e. The maximum absolute atomic E-state index is 11.8. The van der Waals surface area contributed by atoms with E-state index in [0.717, 1.165) is 18.4 Å². The van der Waals surface area contributed by atoms with E-state index in [9.17, 15) is 4.79 Å². The first kappa shape index (κ1) is 11.8. The van der Waals surface area contributed by atoms with Crippen molar-refractivity contribution in [3.05, 3.63) is 23.8 Å². The van der Waals surface area contributed by atoms with Crippen molar-refractivity contribution in [1.82, 2.24) is 5.32 Å². The van der Waals surface area contributed by atoms with Crippen LogP contribution in [0.25, 0.3) is 0 Å². The Balaban J connectivity index is 1.97. The van der Waals surface area contributed by atoms with Crippen LogP contribution >= 0.6 is 0 Å². The molecule has 0 atom stereocenters. The molecule has 4 N–H and O–H groups in total. The van der Waals surface area contributed by atoms with Crippen molar-refractivity contribution in [1.29, 1.82) is 0 Å². The van der Waals surface area contributed by atoms with Crippen LogP contribution in [0.1, 0.15) is 31.2 Å². The molecule has 4 nitrogen and oxygen atoms in total. The Morgan fingerprint density at radius 2 is 2.06 bits per heavy atom. The van der Waals surface area contributed by atoms with Crippen molar-refractivity contribution >= 4 is 17.4 Å². The molecule has 2 rings (SSSR count). The first-order valence-electron chi connectivity index (χ1n) is 6.09. The average Bonchev–Trinajstić information content (AvgIpc) is 2.76.